The molecule has 0 saturated heterocycles. The van der Waals surface area contributed by atoms with Crippen molar-refractivity contribution in [2.45, 2.75) is 64.8 Å². The van der Waals surface area contributed by atoms with Crippen molar-refractivity contribution in [2.24, 2.45) is 0 Å². The summed E-state index contributed by atoms with van der Waals surface area (Å²) in [5, 5.41) is 8.78. The molecule has 1 saturated carbocycles. The molecule has 2 aromatic heterocycles. The Hall–Kier alpha value is -1.95. The molecule has 6 nitrogen and oxygen atoms in total. The summed E-state index contributed by atoms with van der Waals surface area (Å²) in [6.45, 7) is 6.76. The summed E-state index contributed by atoms with van der Waals surface area (Å²) in [5.41, 5.74) is 0.990. The normalized spacial score (nSPS) is 21.8. The molecule has 1 aliphatic heterocycles. The summed E-state index contributed by atoms with van der Waals surface area (Å²) in [6.07, 6.45) is 6.80. The Morgan fingerprint density at radius 2 is 2.08 bits per heavy atom. The van der Waals surface area contributed by atoms with Crippen LogP contribution in [0.5, 0.6) is 5.75 Å². The van der Waals surface area contributed by atoms with Crippen LogP contribution in [0.4, 0.5) is 0 Å². The van der Waals surface area contributed by atoms with Gasteiger partial charge in [-0.2, -0.15) is 0 Å². The SMILES string of the molecule is Cc1ccc(OCc2nnc3n2CCN(C2CCC2)C(C)C3)cn1. The number of aryl methyl sites for hydroxylation is 1. The van der Waals surface area contributed by atoms with E-state index in [2.05, 4.69) is 31.6 Å². The van der Waals surface area contributed by atoms with Crippen LogP contribution in [0.2, 0.25) is 0 Å². The van der Waals surface area contributed by atoms with Gasteiger partial charge < -0.3 is 9.30 Å². The maximum Gasteiger partial charge on any atom is 0.171 e. The number of pyridine rings is 1. The maximum atomic E-state index is 5.85. The first kappa shape index (κ1) is 15.6. The first-order valence-electron chi connectivity index (χ1n) is 8.93. The third-order valence-electron chi connectivity index (χ3n) is 5.33. The highest BCUT2D eigenvalue weighted by atomic mass is 16.5. The van der Waals surface area contributed by atoms with Crippen molar-refractivity contribution in [3.63, 3.8) is 0 Å². The molecule has 2 aromatic rings. The Morgan fingerprint density at radius 3 is 2.79 bits per heavy atom. The van der Waals surface area contributed by atoms with Crippen molar-refractivity contribution < 1.29 is 4.74 Å². The fourth-order valence-corrected chi connectivity index (χ4v) is 3.65. The Bertz CT molecular complexity index is 692. The number of hydrogen-bond donors (Lipinski definition) is 0. The lowest BCUT2D eigenvalue weighted by Crippen LogP contribution is -2.46. The Labute approximate surface area is 142 Å². The largest absolute Gasteiger partial charge is 0.484 e. The molecule has 128 valence electrons. The number of rotatable bonds is 4. The number of aromatic nitrogens is 4. The van der Waals surface area contributed by atoms with Gasteiger partial charge in [0.2, 0.25) is 0 Å². The van der Waals surface area contributed by atoms with Crippen LogP contribution >= 0.6 is 0 Å². The predicted molar refractivity (Wildman–Crippen MR) is 90.8 cm³/mol. The Kier molecular flexibility index (Phi) is 4.22. The standard InChI is InChI=1S/C18H25N5O/c1-13-6-7-16(11-19-13)24-12-18-21-20-17-10-14(2)22(8-9-23(17)18)15-4-3-5-15/h6-7,11,14-15H,3-5,8-10,12H2,1-2H3. The van der Waals surface area contributed by atoms with E-state index in [4.69, 9.17) is 4.74 Å². The summed E-state index contributed by atoms with van der Waals surface area (Å²) in [4.78, 5) is 6.92. The van der Waals surface area contributed by atoms with Gasteiger partial charge in [0.05, 0.1) is 6.20 Å². The lowest BCUT2D eigenvalue weighted by Gasteiger charge is -2.40. The van der Waals surface area contributed by atoms with Crippen LogP contribution in [0.15, 0.2) is 18.3 Å². The topological polar surface area (TPSA) is 56.1 Å². The van der Waals surface area contributed by atoms with E-state index in [-0.39, 0.29) is 0 Å². The van der Waals surface area contributed by atoms with E-state index >= 15 is 0 Å². The second-order valence-electron chi connectivity index (χ2n) is 6.98. The van der Waals surface area contributed by atoms with Gasteiger partial charge in [0.25, 0.3) is 0 Å². The monoisotopic (exact) mass is 327 g/mol. The molecule has 1 unspecified atom stereocenters. The van der Waals surface area contributed by atoms with Gasteiger partial charge >= 0.3 is 0 Å². The minimum atomic E-state index is 0.440. The second-order valence-corrected chi connectivity index (χ2v) is 6.98. The third kappa shape index (κ3) is 3.02. The van der Waals surface area contributed by atoms with E-state index in [1.165, 1.54) is 19.3 Å². The highest BCUT2D eigenvalue weighted by molar-refractivity contribution is 5.19. The number of ether oxygens (including phenoxy) is 1. The quantitative estimate of drug-likeness (QED) is 0.863. The van der Waals surface area contributed by atoms with Crippen molar-refractivity contribution in [2.75, 3.05) is 6.54 Å². The molecule has 0 N–H and O–H groups in total. The average Bonchev–Trinajstić information content (AvgIpc) is 2.83. The van der Waals surface area contributed by atoms with E-state index in [1.54, 1.807) is 6.20 Å². The smallest absolute Gasteiger partial charge is 0.171 e. The van der Waals surface area contributed by atoms with E-state index < -0.39 is 0 Å². The molecule has 3 heterocycles. The van der Waals surface area contributed by atoms with E-state index in [0.717, 1.165) is 48.6 Å². The third-order valence-corrected chi connectivity index (χ3v) is 5.33. The molecular weight excluding hydrogens is 302 g/mol. The van der Waals surface area contributed by atoms with Crippen LogP contribution in [0.3, 0.4) is 0 Å². The van der Waals surface area contributed by atoms with Crippen molar-refractivity contribution in [3.8, 4) is 5.75 Å². The van der Waals surface area contributed by atoms with Crippen LogP contribution < -0.4 is 4.74 Å². The lowest BCUT2D eigenvalue weighted by molar-refractivity contribution is 0.0886. The van der Waals surface area contributed by atoms with Gasteiger partial charge in [0.1, 0.15) is 18.2 Å². The molecule has 0 aromatic carbocycles. The molecule has 6 heteroatoms. The molecule has 0 spiro atoms. The molecular formula is C18H25N5O. The van der Waals surface area contributed by atoms with E-state index in [9.17, 15) is 0 Å². The molecule has 1 aliphatic carbocycles. The van der Waals surface area contributed by atoms with Crippen LogP contribution in [0, 0.1) is 6.92 Å². The molecule has 24 heavy (non-hydrogen) atoms. The van der Waals surface area contributed by atoms with Gasteiger partial charge in [0.15, 0.2) is 5.82 Å². The van der Waals surface area contributed by atoms with Gasteiger partial charge in [-0.1, -0.05) is 6.42 Å². The summed E-state index contributed by atoms with van der Waals surface area (Å²) in [6, 6.07) is 5.21. The van der Waals surface area contributed by atoms with Crippen LogP contribution in [0.25, 0.3) is 0 Å². The van der Waals surface area contributed by atoms with Crippen LogP contribution in [-0.4, -0.2) is 43.3 Å². The van der Waals surface area contributed by atoms with Gasteiger partial charge in [-0.15, -0.1) is 10.2 Å². The van der Waals surface area contributed by atoms with Crippen LogP contribution in [0.1, 0.15) is 43.5 Å². The average molecular weight is 327 g/mol. The minimum Gasteiger partial charge on any atom is -0.484 e. The first-order valence-corrected chi connectivity index (χ1v) is 8.93. The zero-order valence-corrected chi connectivity index (χ0v) is 14.5. The molecule has 1 atom stereocenters. The molecule has 0 amide bonds. The summed E-state index contributed by atoms with van der Waals surface area (Å²) >= 11 is 0. The maximum absolute atomic E-state index is 5.85. The number of nitrogens with zero attached hydrogens (tertiary/aromatic N) is 5. The van der Waals surface area contributed by atoms with E-state index in [1.807, 2.05) is 19.1 Å². The Morgan fingerprint density at radius 1 is 1.21 bits per heavy atom. The second kappa shape index (κ2) is 6.51. The molecule has 1 fully saturated rings. The molecule has 2 aliphatic rings. The zero-order chi connectivity index (χ0) is 16.5. The fraction of sp³-hybridized carbons (Fsp3) is 0.611. The van der Waals surface area contributed by atoms with Gasteiger partial charge in [-0.3, -0.25) is 9.88 Å². The van der Waals surface area contributed by atoms with Crippen LogP contribution in [-0.2, 0) is 19.6 Å². The number of fused-ring (bicyclic) bond motifs is 1. The van der Waals surface area contributed by atoms with Crippen molar-refractivity contribution in [3.05, 3.63) is 35.7 Å². The summed E-state index contributed by atoms with van der Waals surface area (Å²) in [7, 11) is 0. The molecule has 4 rings (SSSR count). The highest BCUT2D eigenvalue weighted by Crippen LogP contribution is 2.28. The fourth-order valence-electron chi connectivity index (χ4n) is 3.65. The predicted octanol–water partition coefficient (Wildman–Crippen LogP) is 2.36. The van der Waals surface area contributed by atoms with Crippen molar-refractivity contribution in [1.29, 1.82) is 0 Å². The zero-order valence-electron chi connectivity index (χ0n) is 14.5. The highest BCUT2D eigenvalue weighted by Gasteiger charge is 2.31. The van der Waals surface area contributed by atoms with Gasteiger partial charge in [0, 0.05) is 37.3 Å². The van der Waals surface area contributed by atoms with Gasteiger partial charge in [-0.25, -0.2) is 0 Å². The summed E-state index contributed by atoms with van der Waals surface area (Å²) in [5.74, 6) is 2.77. The van der Waals surface area contributed by atoms with Gasteiger partial charge in [-0.05, 0) is 38.8 Å². The number of hydrogen-bond acceptors (Lipinski definition) is 5. The Balaban J connectivity index is 1.45. The minimum absolute atomic E-state index is 0.440. The van der Waals surface area contributed by atoms with Crippen molar-refractivity contribution in [1.82, 2.24) is 24.6 Å². The lowest BCUT2D eigenvalue weighted by atomic mass is 9.90. The molecule has 0 bridgehead atoms. The first-order chi connectivity index (χ1) is 11.7. The summed E-state index contributed by atoms with van der Waals surface area (Å²) < 4.78 is 8.09. The van der Waals surface area contributed by atoms with E-state index in [0.29, 0.717) is 12.6 Å². The van der Waals surface area contributed by atoms with Crippen molar-refractivity contribution >= 4 is 0 Å². The molecule has 0 radical (unpaired) electrons.